The molecule has 1 aromatic rings. The van der Waals surface area contributed by atoms with Crippen LogP contribution in [-0.4, -0.2) is 26.0 Å². The lowest BCUT2D eigenvalue weighted by atomic mass is 9.82. The third-order valence-corrected chi connectivity index (χ3v) is 4.45. The summed E-state index contributed by atoms with van der Waals surface area (Å²) in [6.07, 6.45) is 2.32. The molecule has 5 nitrogen and oxygen atoms in total. The lowest BCUT2D eigenvalue weighted by Gasteiger charge is -2.32. The first kappa shape index (κ1) is 18.1. The Morgan fingerprint density at radius 1 is 1.14 bits per heavy atom. The van der Waals surface area contributed by atoms with Gasteiger partial charge >= 0.3 is 0 Å². The fourth-order valence-electron chi connectivity index (χ4n) is 2.66. The summed E-state index contributed by atoms with van der Waals surface area (Å²) in [4.78, 5) is 4.06. The molecule has 1 heterocycles. The van der Waals surface area contributed by atoms with Crippen LogP contribution in [-0.2, 0) is 16.6 Å². The molecule has 21 heavy (non-hydrogen) atoms. The van der Waals surface area contributed by atoms with E-state index in [0.717, 1.165) is 12.0 Å². The van der Waals surface area contributed by atoms with Gasteiger partial charge in [-0.1, -0.05) is 26.8 Å². The Hall–Kier alpha value is -0.980. The number of hydrogen-bond donors (Lipinski definition) is 2. The quantitative estimate of drug-likeness (QED) is 0.845. The highest BCUT2D eigenvalue weighted by molar-refractivity contribution is 7.89. The van der Waals surface area contributed by atoms with Crippen LogP contribution < -0.4 is 10.0 Å². The summed E-state index contributed by atoms with van der Waals surface area (Å²) in [5, 5.41) is 3.06. The van der Waals surface area contributed by atoms with Gasteiger partial charge in [-0.3, -0.25) is 0 Å². The summed E-state index contributed by atoms with van der Waals surface area (Å²) in [6, 6.07) is 3.32. The van der Waals surface area contributed by atoms with Crippen LogP contribution in [0.5, 0.6) is 0 Å². The Morgan fingerprint density at radius 3 is 2.19 bits per heavy atom. The first-order valence-electron chi connectivity index (χ1n) is 7.09. The molecule has 0 spiro atoms. The van der Waals surface area contributed by atoms with E-state index in [0.29, 0.717) is 6.54 Å². The Balaban J connectivity index is 2.90. The van der Waals surface area contributed by atoms with Crippen LogP contribution >= 0.6 is 0 Å². The van der Waals surface area contributed by atoms with E-state index in [1.54, 1.807) is 18.3 Å². The summed E-state index contributed by atoms with van der Waals surface area (Å²) in [6.45, 7) is 10.7. The van der Waals surface area contributed by atoms with E-state index in [9.17, 15) is 8.42 Å². The van der Waals surface area contributed by atoms with E-state index < -0.39 is 15.6 Å². The molecule has 6 heteroatoms. The standard InChI is InChI=1S/C15H27N3O2S/c1-14(2,3)11-15(4,5)18-21(19,20)13-8-7-12(9-16-6)10-17-13/h7-8,10,16,18H,9,11H2,1-6H3. The highest BCUT2D eigenvalue weighted by Gasteiger charge is 2.31. The minimum absolute atomic E-state index is 0.0378. The van der Waals surface area contributed by atoms with Crippen LogP contribution in [0.3, 0.4) is 0 Å². The summed E-state index contributed by atoms with van der Waals surface area (Å²) >= 11 is 0. The fraction of sp³-hybridized carbons (Fsp3) is 0.667. The molecule has 0 saturated heterocycles. The van der Waals surface area contributed by atoms with Crippen molar-refractivity contribution in [1.29, 1.82) is 0 Å². The fourth-order valence-corrected chi connectivity index (χ4v) is 4.00. The average Bonchev–Trinajstić information content (AvgIpc) is 2.25. The van der Waals surface area contributed by atoms with E-state index in [2.05, 4.69) is 35.8 Å². The van der Waals surface area contributed by atoms with Gasteiger partial charge in [-0.15, -0.1) is 0 Å². The Labute approximate surface area is 128 Å². The highest BCUT2D eigenvalue weighted by Crippen LogP contribution is 2.27. The molecule has 0 saturated carbocycles. The van der Waals surface area contributed by atoms with Gasteiger partial charge < -0.3 is 5.32 Å². The third kappa shape index (κ3) is 6.11. The molecule has 0 radical (unpaired) electrons. The van der Waals surface area contributed by atoms with Gasteiger partial charge in [0.2, 0.25) is 0 Å². The number of nitrogens with zero attached hydrogens (tertiary/aromatic N) is 1. The second-order valence-corrected chi connectivity index (χ2v) is 8.89. The zero-order valence-corrected chi connectivity index (χ0v) is 14.6. The predicted molar refractivity (Wildman–Crippen MR) is 85.5 cm³/mol. The number of sulfonamides is 1. The van der Waals surface area contributed by atoms with Crippen molar-refractivity contribution in [2.75, 3.05) is 7.05 Å². The molecule has 0 amide bonds. The van der Waals surface area contributed by atoms with E-state index >= 15 is 0 Å². The van der Waals surface area contributed by atoms with Crippen molar-refractivity contribution in [3.63, 3.8) is 0 Å². The molecule has 0 unspecified atom stereocenters. The van der Waals surface area contributed by atoms with E-state index in [1.165, 1.54) is 0 Å². The monoisotopic (exact) mass is 313 g/mol. The molecule has 1 rings (SSSR count). The van der Waals surface area contributed by atoms with Crippen molar-refractivity contribution in [2.45, 2.75) is 58.1 Å². The van der Waals surface area contributed by atoms with Crippen molar-refractivity contribution in [3.8, 4) is 0 Å². The molecule has 0 aliphatic heterocycles. The van der Waals surface area contributed by atoms with Gasteiger partial charge in [0.25, 0.3) is 10.0 Å². The Bertz CT molecular complexity index is 558. The Morgan fingerprint density at radius 2 is 1.76 bits per heavy atom. The maximum Gasteiger partial charge on any atom is 0.258 e. The second-order valence-electron chi connectivity index (χ2n) is 7.26. The van der Waals surface area contributed by atoms with Crippen molar-refractivity contribution < 1.29 is 8.42 Å². The van der Waals surface area contributed by atoms with Crippen LogP contribution in [0.15, 0.2) is 23.4 Å². The summed E-state index contributed by atoms with van der Waals surface area (Å²) in [5.41, 5.74) is 0.462. The molecular formula is C15H27N3O2S. The van der Waals surface area contributed by atoms with Gasteiger partial charge in [-0.25, -0.2) is 18.1 Å². The molecule has 0 fully saturated rings. The van der Waals surface area contributed by atoms with Gasteiger partial charge in [-0.2, -0.15) is 0 Å². The highest BCUT2D eigenvalue weighted by atomic mass is 32.2. The van der Waals surface area contributed by atoms with Crippen LogP contribution in [0, 0.1) is 5.41 Å². The maximum absolute atomic E-state index is 12.4. The van der Waals surface area contributed by atoms with Crippen LogP contribution in [0.2, 0.25) is 0 Å². The number of nitrogens with one attached hydrogen (secondary N) is 2. The van der Waals surface area contributed by atoms with E-state index in [-0.39, 0.29) is 10.4 Å². The smallest absolute Gasteiger partial charge is 0.258 e. The topological polar surface area (TPSA) is 71.1 Å². The number of hydrogen-bond acceptors (Lipinski definition) is 4. The molecule has 1 aromatic heterocycles. The van der Waals surface area contributed by atoms with Crippen molar-refractivity contribution in [2.24, 2.45) is 5.41 Å². The van der Waals surface area contributed by atoms with Crippen LogP contribution in [0.25, 0.3) is 0 Å². The molecule has 0 atom stereocenters. The molecule has 2 N–H and O–H groups in total. The molecule has 0 aromatic carbocycles. The molecule has 0 aliphatic rings. The normalized spacial score (nSPS) is 13.4. The molecule has 0 aliphatic carbocycles. The largest absolute Gasteiger partial charge is 0.316 e. The van der Waals surface area contributed by atoms with Gasteiger partial charge in [0.15, 0.2) is 5.03 Å². The van der Waals surface area contributed by atoms with Gasteiger partial charge in [-0.05, 0) is 44.4 Å². The number of aromatic nitrogens is 1. The molecule has 120 valence electrons. The second kappa shape index (κ2) is 6.42. The summed E-state index contributed by atoms with van der Waals surface area (Å²) in [7, 11) is -1.77. The molecule has 0 bridgehead atoms. The lowest BCUT2D eigenvalue weighted by molar-refractivity contribution is 0.269. The van der Waals surface area contributed by atoms with Crippen LogP contribution in [0.1, 0.15) is 46.6 Å². The predicted octanol–water partition coefficient (Wildman–Crippen LogP) is 2.29. The summed E-state index contributed by atoms with van der Waals surface area (Å²) in [5.74, 6) is 0. The van der Waals surface area contributed by atoms with E-state index in [4.69, 9.17) is 0 Å². The number of pyridine rings is 1. The average molecular weight is 313 g/mol. The molecular weight excluding hydrogens is 286 g/mol. The minimum atomic E-state index is -3.60. The number of rotatable bonds is 6. The van der Waals surface area contributed by atoms with Gasteiger partial charge in [0, 0.05) is 18.3 Å². The van der Waals surface area contributed by atoms with Crippen molar-refractivity contribution >= 4 is 10.0 Å². The van der Waals surface area contributed by atoms with E-state index in [1.807, 2.05) is 20.9 Å². The van der Waals surface area contributed by atoms with Crippen molar-refractivity contribution in [3.05, 3.63) is 23.9 Å². The zero-order valence-electron chi connectivity index (χ0n) is 13.8. The minimum Gasteiger partial charge on any atom is -0.316 e. The van der Waals surface area contributed by atoms with Crippen molar-refractivity contribution in [1.82, 2.24) is 15.0 Å². The SMILES string of the molecule is CNCc1ccc(S(=O)(=O)NC(C)(C)CC(C)(C)C)nc1. The zero-order chi connectivity index (χ0) is 16.3. The van der Waals surface area contributed by atoms with Crippen LogP contribution in [0.4, 0.5) is 0 Å². The summed E-state index contributed by atoms with van der Waals surface area (Å²) < 4.78 is 27.6. The van der Waals surface area contributed by atoms with Gasteiger partial charge in [0.05, 0.1) is 0 Å². The Kier molecular flexibility index (Phi) is 5.52. The third-order valence-electron chi connectivity index (χ3n) is 2.84. The maximum atomic E-state index is 12.4. The lowest BCUT2D eigenvalue weighted by Crippen LogP contribution is -2.45. The first-order valence-corrected chi connectivity index (χ1v) is 8.57. The first-order chi connectivity index (χ1) is 9.45. The van der Waals surface area contributed by atoms with Gasteiger partial charge in [0.1, 0.15) is 0 Å².